The summed E-state index contributed by atoms with van der Waals surface area (Å²) in [5.41, 5.74) is 5.57. The number of amides is 2. The highest BCUT2D eigenvalue weighted by Gasteiger charge is 2.25. The van der Waals surface area contributed by atoms with E-state index in [2.05, 4.69) is 42.5 Å². The maximum Gasteiger partial charge on any atom is 0.253 e. The molecule has 2 saturated heterocycles. The first kappa shape index (κ1) is 34.6. The molecule has 5 heterocycles. The van der Waals surface area contributed by atoms with Crippen LogP contribution in [0.3, 0.4) is 0 Å². The van der Waals surface area contributed by atoms with Crippen LogP contribution in [0.2, 0.25) is 10.0 Å². The number of hydrogen-bond acceptors (Lipinski definition) is 7. The molecule has 2 amide bonds. The summed E-state index contributed by atoms with van der Waals surface area (Å²) in [4.78, 5) is 44.1. The molecule has 2 N–H and O–H groups in total. The Bertz CT molecular complexity index is 1960. The lowest BCUT2D eigenvalue weighted by Gasteiger charge is -2.34. The summed E-state index contributed by atoms with van der Waals surface area (Å²) in [6, 6.07) is 23.1. The number of anilines is 1. The summed E-state index contributed by atoms with van der Waals surface area (Å²) in [6.07, 6.45) is 12.3. The Balaban J connectivity index is 0.857. The van der Waals surface area contributed by atoms with Gasteiger partial charge < -0.3 is 15.5 Å². The van der Waals surface area contributed by atoms with Crippen molar-refractivity contribution in [2.45, 2.75) is 44.3 Å². The van der Waals surface area contributed by atoms with Crippen molar-refractivity contribution in [2.24, 2.45) is 0 Å². The maximum absolute atomic E-state index is 13.2. The molecule has 2 fully saturated rings. The number of piperidine rings is 2. The van der Waals surface area contributed by atoms with E-state index in [1.54, 1.807) is 36.9 Å². The van der Waals surface area contributed by atoms with Crippen molar-refractivity contribution < 1.29 is 9.59 Å². The van der Waals surface area contributed by atoms with Gasteiger partial charge in [0.25, 0.3) is 11.8 Å². The number of nitrogens with one attached hydrogen (secondary N) is 2. The Morgan fingerprint density at radius 1 is 0.706 bits per heavy atom. The number of likely N-dealkylation sites (tertiary alicyclic amines) is 1. The number of carbonyl (C=O) groups is 2. The molecular weight excluding hydrogens is 681 g/mol. The van der Waals surface area contributed by atoms with Gasteiger partial charge in [0.05, 0.1) is 10.6 Å². The summed E-state index contributed by atoms with van der Waals surface area (Å²) in [5, 5.41) is 7.22. The van der Waals surface area contributed by atoms with E-state index in [1.807, 2.05) is 54.7 Å². The van der Waals surface area contributed by atoms with Crippen LogP contribution < -0.4 is 15.5 Å². The second-order valence-electron chi connectivity index (χ2n) is 13.1. The van der Waals surface area contributed by atoms with Crippen LogP contribution >= 0.6 is 23.2 Å². The van der Waals surface area contributed by atoms with Gasteiger partial charge >= 0.3 is 0 Å². The quantitative estimate of drug-likeness (QED) is 0.165. The van der Waals surface area contributed by atoms with Crippen molar-refractivity contribution in [1.29, 1.82) is 0 Å². The molecule has 0 unspecified atom stereocenters. The minimum atomic E-state index is -0.196. The minimum Gasteiger partial charge on any atom is -0.356 e. The number of pyridine rings is 3. The van der Waals surface area contributed by atoms with Crippen molar-refractivity contribution in [3.8, 4) is 22.3 Å². The summed E-state index contributed by atoms with van der Waals surface area (Å²) >= 11 is 13.1. The Morgan fingerprint density at radius 3 is 2.04 bits per heavy atom. The molecule has 51 heavy (non-hydrogen) atoms. The van der Waals surface area contributed by atoms with Crippen molar-refractivity contribution in [3.05, 3.63) is 131 Å². The standard InChI is InChI=1S/C40H39Cl2N7O2/c41-35-10-9-34(38(42)37(35)31-7-3-17-44-25-31)40(51)47-32-12-18-48(19-13-32)26-27-8-11-36(45-23-27)49-20-14-33(15-21-49)46-39(50)29-5-1-4-28(22-29)30-6-2-16-43-24-30/h1-11,16-17,22-25,32-33H,12-15,18-21,26H2,(H,46,50)(H,47,51). The van der Waals surface area contributed by atoms with Gasteiger partial charge in [-0.2, -0.15) is 0 Å². The molecule has 260 valence electrons. The molecule has 9 nitrogen and oxygen atoms in total. The SMILES string of the molecule is O=C(NC1CCN(c2ccc(CN3CCC(NC(=O)c4ccc(Cl)c(-c5cccnc5)c4Cl)CC3)cn2)CC1)c1cccc(-c2cccnc2)c1. The van der Waals surface area contributed by atoms with E-state index in [0.29, 0.717) is 26.7 Å². The molecule has 5 aromatic rings. The first-order valence-electron chi connectivity index (χ1n) is 17.3. The highest BCUT2D eigenvalue weighted by molar-refractivity contribution is 6.41. The third kappa shape index (κ3) is 8.39. The molecule has 11 heteroatoms. The Kier molecular flexibility index (Phi) is 10.9. The summed E-state index contributed by atoms with van der Waals surface area (Å²) in [7, 11) is 0. The fourth-order valence-corrected chi connectivity index (χ4v) is 7.53. The van der Waals surface area contributed by atoms with E-state index >= 15 is 0 Å². The van der Waals surface area contributed by atoms with E-state index in [4.69, 9.17) is 28.2 Å². The van der Waals surface area contributed by atoms with Crippen molar-refractivity contribution in [3.63, 3.8) is 0 Å². The van der Waals surface area contributed by atoms with Gasteiger partial charge in [-0.25, -0.2) is 4.98 Å². The highest BCUT2D eigenvalue weighted by Crippen LogP contribution is 2.37. The van der Waals surface area contributed by atoms with E-state index < -0.39 is 0 Å². The number of benzene rings is 2. The molecule has 2 aliphatic heterocycles. The van der Waals surface area contributed by atoms with Crippen LogP contribution in [0.4, 0.5) is 5.82 Å². The fourth-order valence-electron chi connectivity index (χ4n) is 6.85. The van der Waals surface area contributed by atoms with Crippen molar-refractivity contribution in [1.82, 2.24) is 30.5 Å². The van der Waals surface area contributed by atoms with Gasteiger partial charge in [0.2, 0.25) is 0 Å². The van der Waals surface area contributed by atoms with Crippen LogP contribution in [0.25, 0.3) is 22.3 Å². The van der Waals surface area contributed by atoms with Crippen LogP contribution in [0.15, 0.2) is 104 Å². The van der Waals surface area contributed by atoms with Crippen LogP contribution in [0, 0.1) is 0 Å². The van der Waals surface area contributed by atoms with Gasteiger partial charge in [0, 0.05) is 103 Å². The average molecular weight is 721 g/mol. The molecule has 2 aromatic carbocycles. The Morgan fingerprint density at radius 2 is 1.37 bits per heavy atom. The molecule has 0 atom stereocenters. The van der Waals surface area contributed by atoms with E-state index in [9.17, 15) is 9.59 Å². The number of rotatable bonds is 9. The normalized spacial score (nSPS) is 15.8. The lowest BCUT2D eigenvalue weighted by Crippen LogP contribution is -2.45. The lowest BCUT2D eigenvalue weighted by atomic mass is 10.0. The average Bonchev–Trinajstić information content (AvgIpc) is 3.17. The number of carbonyl (C=O) groups excluding carboxylic acids is 2. The summed E-state index contributed by atoms with van der Waals surface area (Å²) < 4.78 is 0. The molecule has 0 saturated carbocycles. The van der Waals surface area contributed by atoms with Gasteiger partial charge in [0.15, 0.2) is 0 Å². The second-order valence-corrected chi connectivity index (χ2v) is 13.9. The molecule has 2 aliphatic rings. The summed E-state index contributed by atoms with van der Waals surface area (Å²) in [5.74, 6) is 0.717. The Labute approximate surface area is 308 Å². The largest absolute Gasteiger partial charge is 0.356 e. The van der Waals surface area contributed by atoms with E-state index in [0.717, 1.165) is 86.5 Å². The number of aromatic nitrogens is 3. The second kappa shape index (κ2) is 16.0. The van der Waals surface area contributed by atoms with Crippen LogP contribution in [-0.2, 0) is 6.54 Å². The molecule has 0 spiro atoms. The van der Waals surface area contributed by atoms with Crippen molar-refractivity contribution >= 4 is 40.8 Å². The smallest absolute Gasteiger partial charge is 0.253 e. The molecule has 3 aromatic heterocycles. The molecule has 0 aliphatic carbocycles. The third-order valence-electron chi connectivity index (χ3n) is 9.70. The predicted octanol–water partition coefficient (Wildman–Crippen LogP) is 7.31. The lowest BCUT2D eigenvalue weighted by molar-refractivity contribution is 0.0906. The maximum atomic E-state index is 13.2. The first-order chi connectivity index (χ1) is 24.9. The zero-order chi connectivity index (χ0) is 35.2. The zero-order valence-electron chi connectivity index (χ0n) is 28.1. The topological polar surface area (TPSA) is 103 Å². The highest BCUT2D eigenvalue weighted by atomic mass is 35.5. The monoisotopic (exact) mass is 719 g/mol. The van der Waals surface area contributed by atoms with Crippen LogP contribution in [0.1, 0.15) is 52.0 Å². The zero-order valence-corrected chi connectivity index (χ0v) is 29.7. The van der Waals surface area contributed by atoms with Gasteiger partial charge in [-0.1, -0.05) is 53.5 Å². The molecular formula is C40H39Cl2N7O2. The Hall–Kier alpha value is -4.83. The predicted molar refractivity (Wildman–Crippen MR) is 202 cm³/mol. The number of nitrogens with zero attached hydrogens (tertiary/aromatic N) is 5. The van der Waals surface area contributed by atoms with Gasteiger partial charge in [-0.15, -0.1) is 0 Å². The number of hydrogen-bond donors (Lipinski definition) is 2. The minimum absolute atomic E-state index is 0.0468. The van der Waals surface area contributed by atoms with Gasteiger partial charge in [-0.05, 0) is 79.3 Å². The van der Waals surface area contributed by atoms with Gasteiger partial charge in [-0.3, -0.25) is 24.5 Å². The van der Waals surface area contributed by atoms with Crippen molar-refractivity contribution in [2.75, 3.05) is 31.1 Å². The first-order valence-corrected chi connectivity index (χ1v) is 18.1. The molecule has 0 radical (unpaired) electrons. The van der Waals surface area contributed by atoms with Gasteiger partial charge in [0.1, 0.15) is 5.82 Å². The molecule has 7 rings (SSSR count). The van der Waals surface area contributed by atoms with Crippen LogP contribution in [0.5, 0.6) is 0 Å². The molecule has 0 bridgehead atoms. The number of halogens is 2. The van der Waals surface area contributed by atoms with E-state index in [1.165, 1.54) is 0 Å². The van der Waals surface area contributed by atoms with E-state index in [-0.39, 0.29) is 23.9 Å². The fraction of sp³-hybridized carbons (Fsp3) is 0.275. The van der Waals surface area contributed by atoms with Crippen LogP contribution in [-0.4, -0.2) is 69.9 Å². The summed E-state index contributed by atoms with van der Waals surface area (Å²) in [6.45, 7) is 4.21. The third-order valence-corrected chi connectivity index (χ3v) is 10.4.